The number of fused-ring (bicyclic) bond motifs is 1. The maximum atomic E-state index is 12.0. The van der Waals surface area contributed by atoms with Gasteiger partial charge in [-0.15, -0.1) is 0 Å². The minimum Gasteiger partial charge on any atom is -0.314 e. The summed E-state index contributed by atoms with van der Waals surface area (Å²) in [5, 5.41) is 0.972. The number of anilines is 1. The first kappa shape index (κ1) is 16.8. The fourth-order valence-electron chi connectivity index (χ4n) is 2.87. The highest BCUT2D eigenvalue weighted by Gasteiger charge is 2.49. The van der Waals surface area contributed by atoms with Gasteiger partial charge in [0.15, 0.2) is 15.0 Å². The minimum absolute atomic E-state index is 0.0663. The zero-order chi connectivity index (χ0) is 16.6. The van der Waals surface area contributed by atoms with Crippen LogP contribution in [0.2, 0.25) is 5.02 Å². The van der Waals surface area contributed by atoms with Gasteiger partial charge in [0.1, 0.15) is 0 Å². The minimum atomic E-state index is -3.07. The first-order valence-corrected chi connectivity index (χ1v) is 10.5. The Kier molecular flexibility index (Phi) is 4.71. The summed E-state index contributed by atoms with van der Waals surface area (Å²) in [6.45, 7) is 1.92. The Morgan fingerprint density at radius 3 is 2.83 bits per heavy atom. The van der Waals surface area contributed by atoms with E-state index in [4.69, 9.17) is 11.6 Å². The summed E-state index contributed by atoms with van der Waals surface area (Å²) >= 11 is 7.66. The fourth-order valence-corrected chi connectivity index (χ4v) is 7.02. The third-order valence-corrected chi connectivity index (χ3v) is 7.39. The first-order chi connectivity index (χ1) is 10.9. The van der Waals surface area contributed by atoms with Crippen molar-refractivity contribution in [1.29, 1.82) is 0 Å². The second-order valence-corrected chi connectivity index (χ2v) is 9.43. The van der Waals surface area contributed by atoms with E-state index in [1.807, 2.05) is 30.0 Å². The van der Waals surface area contributed by atoms with Crippen molar-refractivity contribution >= 4 is 50.0 Å². The Hall–Kier alpha value is -1.05. The number of para-hydroxylation sites is 1. The van der Waals surface area contributed by atoms with Gasteiger partial charge < -0.3 is 4.90 Å². The Bertz CT molecular complexity index is 764. The molecule has 23 heavy (non-hydrogen) atoms. The summed E-state index contributed by atoms with van der Waals surface area (Å²) in [6.07, 6.45) is 1.11. The van der Waals surface area contributed by atoms with Crippen molar-refractivity contribution in [1.82, 2.24) is 0 Å². The van der Waals surface area contributed by atoms with Gasteiger partial charge in [0.2, 0.25) is 5.91 Å². The van der Waals surface area contributed by atoms with Crippen LogP contribution in [0.25, 0.3) is 0 Å². The second kappa shape index (κ2) is 6.45. The lowest BCUT2D eigenvalue weighted by Crippen LogP contribution is -2.37. The van der Waals surface area contributed by atoms with E-state index in [2.05, 4.69) is 4.99 Å². The predicted molar refractivity (Wildman–Crippen MR) is 95.1 cm³/mol. The van der Waals surface area contributed by atoms with Gasteiger partial charge in [0.25, 0.3) is 0 Å². The number of hydrogen-bond donors (Lipinski definition) is 0. The Labute approximate surface area is 145 Å². The number of rotatable bonds is 3. The van der Waals surface area contributed by atoms with Crippen molar-refractivity contribution in [3.63, 3.8) is 0 Å². The van der Waals surface area contributed by atoms with E-state index in [1.54, 1.807) is 6.07 Å². The molecule has 2 aliphatic rings. The molecule has 0 spiro atoms. The monoisotopic (exact) mass is 372 g/mol. The summed E-state index contributed by atoms with van der Waals surface area (Å²) in [6, 6.07) is 7.02. The van der Waals surface area contributed by atoms with E-state index in [1.165, 1.54) is 11.8 Å². The number of aliphatic imine (C=N–C) groups is 1. The van der Waals surface area contributed by atoms with Crippen LogP contribution in [0.1, 0.15) is 19.8 Å². The molecule has 124 valence electrons. The van der Waals surface area contributed by atoms with E-state index in [0.717, 1.165) is 6.42 Å². The van der Waals surface area contributed by atoms with Crippen LogP contribution in [0.15, 0.2) is 29.3 Å². The number of sulfone groups is 1. The van der Waals surface area contributed by atoms with Gasteiger partial charge in [-0.3, -0.25) is 4.79 Å². The van der Waals surface area contributed by atoms with E-state index in [9.17, 15) is 13.2 Å². The third-order valence-electron chi connectivity index (χ3n) is 3.86. The molecular formula is C15H17ClN2O3S2. The van der Waals surface area contributed by atoms with Gasteiger partial charge in [-0.25, -0.2) is 8.42 Å². The molecule has 2 heterocycles. The van der Waals surface area contributed by atoms with Gasteiger partial charge >= 0.3 is 0 Å². The van der Waals surface area contributed by atoms with Crippen LogP contribution in [-0.2, 0) is 14.6 Å². The van der Waals surface area contributed by atoms with Crippen molar-refractivity contribution in [2.24, 2.45) is 4.99 Å². The van der Waals surface area contributed by atoms with Crippen molar-refractivity contribution in [2.75, 3.05) is 16.4 Å². The number of benzene rings is 1. The highest BCUT2D eigenvalue weighted by atomic mass is 35.5. The molecule has 2 atom stereocenters. The van der Waals surface area contributed by atoms with E-state index in [-0.39, 0.29) is 28.7 Å². The van der Waals surface area contributed by atoms with E-state index in [0.29, 0.717) is 22.3 Å². The van der Waals surface area contributed by atoms with E-state index < -0.39 is 9.84 Å². The van der Waals surface area contributed by atoms with Crippen LogP contribution in [0.4, 0.5) is 5.69 Å². The SMILES string of the molecule is CCCC(=O)N=C1S[C@H]2CS(=O)(=O)C[C@H]2N1c1ccccc1Cl. The number of halogens is 1. The molecule has 1 amide bonds. The van der Waals surface area contributed by atoms with Crippen molar-refractivity contribution < 1.29 is 13.2 Å². The average molecular weight is 373 g/mol. The maximum absolute atomic E-state index is 12.0. The Morgan fingerprint density at radius 1 is 1.39 bits per heavy atom. The summed E-state index contributed by atoms with van der Waals surface area (Å²) in [7, 11) is -3.07. The molecule has 2 fully saturated rings. The zero-order valence-corrected chi connectivity index (χ0v) is 15.0. The number of hydrogen-bond acceptors (Lipinski definition) is 4. The molecule has 2 aliphatic heterocycles. The number of amides is 1. The lowest BCUT2D eigenvalue weighted by Gasteiger charge is -2.25. The largest absolute Gasteiger partial charge is 0.314 e. The average Bonchev–Trinajstić information content (AvgIpc) is 2.91. The van der Waals surface area contributed by atoms with Gasteiger partial charge in [-0.2, -0.15) is 4.99 Å². The maximum Gasteiger partial charge on any atom is 0.248 e. The molecule has 0 N–H and O–H groups in total. The summed E-state index contributed by atoms with van der Waals surface area (Å²) < 4.78 is 23.9. The van der Waals surface area contributed by atoms with Gasteiger partial charge in [0, 0.05) is 11.7 Å². The smallest absolute Gasteiger partial charge is 0.248 e. The molecular weight excluding hydrogens is 356 g/mol. The molecule has 0 unspecified atom stereocenters. The molecule has 5 nitrogen and oxygen atoms in total. The number of carbonyl (C=O) groups excluding carboxylic acids is 1. The molecule has 0 aliphatic carbocycles. The van der Waals surface area contributed by atoms with Crippen LogP contribution in [0.3, 0.4) is 0 Å². The third kappa shape index (κ3) is 3.41. The molecule has 0 radical (unpaired) electrons. The Balaban J connectivity index is 2.01. The lowest BCUT2D eigenvalue weighted by atomic mass is 10.2. The van der Waals surface area contributed by atoms with Gasteiger partial charge in [-0.1, -0.05) is 42.4 Å². The number of nitrogens with zero attached hydrogens (tertiary/aromatic N) is 2. The highest BCUT2D eigenvalue weighted by Crippen LogP contribution is 2.42. The van der Waals surface area contributed by atoms with Crippen molar-refractivity contribution in [2.45, 2.75) is 31.1 Å². The first-order valence-electron chi connectivity index (χ1n) is 7.43. The second-order valence-electron chi connectivity index (χ2n) is 5.66. The molecule has 3 rings (SSSR count). The molecule has 1 aromatic rings. The highest BCUT2D eigenvalue weighted by molar-refractivity contribution is 8.16. The van der Waals surface area contributed by atoms with Crippen LogP contribution >= 0.6 is 23.4 Å². The number of thioether (sulfide) groups is 1. The molecule has 0 aromatic heterocycles. The summed E-state index contributed by atoms with van der Waals surface area (Å²) in [5.41, 5.74) is 0.703. The normalized spacial score (nSPS) is 27.4. The van der Waals surface area contributed by atoms with Gasteiger partial charge in [-0.05, 0) is 18.6 Å². The topological polar surface area (TPSA) is 66.8 Å². The molecule has 1 aromatic carbocycles. The van der Waals surface area contributed by atoms with Crippen LogP contribution in [-0.4, -0.2) is 42.3 Å². The lowest BCUT2D eigenvalue weighted by molar-refractivity contribution is -0.117. The molecule has 2 saturated heterocycles. The van der Waals surface area contributed by atoms with Gasteiger partial charge in [0.05, 0.1) is 28.3 Å². The van der Waals surface area contributed by atoms with Crippen LogP contribution < -0.4 is 4.90 Å². The fraction of sp³-hybridized carbons (Fsp3) is 0.467. The zero-order valence-electron chi connectivity index (χ0n) is 12.6. The predicted octanol–water partition coefficient (Wildman–Crippen LogP) is 2.74. The standard InChI is InChI=1S/C15H17ClN2O3S2/c1-2-5-14(19)17-15-18(11-7-4-3-6-10(11)16)12-8-23(20,21)9-13(12)22-15/h3-4,6-7,12-13H,2,5,8-9H2,1H3/t12-,13+/m1/s1. The van der Waals surface area contributed by atoms with Crippen LogP contribution in [0, 0.1) is 0 Å². The van der Waals surface area contributed by atoms with E-state index >= 15 is 0 Å². The number of carbonyl (C=O) groups is 1. The number of amidine groups is 1. The molecule has 8 heteroatoms. The molecule has 0 bridgehead atoms. The van der Waals surface area contributed by atoms with Crippen LogP contribution in [0.5, 0.6) is 0 Å². The van der Waals surface area contributed by atoms with Crippen molar-refractivity contribution in [3.05, 3.63) is 29.3 Å². The Morgan fingerprint density at radius 2 is 2.13 bits per heavy atom. The summed E-state index contributed by atoms with van der Waals surface area (Å²) in [5.74, 6) is -0.00359. The van der Waals surface area contributed by atoms with Crippen molar-refractivity contribution in [3.8, 4) is 0 Å². The molecule has 0 saturated carbocycles. The quantitative estimate of drug-likeness (QED) is 0.816. The summed E-state index contributed by atoms with van der Waals surface area (Å²) in [4.78, 5) is 18.0.